The highest BCUT2D eigenvalue weighted by Crippen LogP contribution is 2.54. The van der Waals surface area contributed by atoms with E-state index < -0.39 is 11.6 Å². The Bertz CT molecular complexity index is 1910. The first-order valence-electron chi connectivity index (χ1n) is 16.4. The van der Waals surface area contributed by atoms with Crippen LogP contribution in [0.3, 0.4) is 0 Å². The maximum atomic E-state index is 16.9. The first-order valence-corrected chi connectivity index (χ1v) is 17.2. The molecule has 0 spiro atoms. The number of amides is 1. The Kier molecular flexibility index (Phi) is 8.14. The second kappa shape index (κ2) is 12.5. The molecule has 3 aliphatic heterocycles. The standard InChI is InChI=1S/C34H37F2N7O4S/c1-2-25(44)39-19-16-43(11-14-46-17-19)30-21-4-6-24(34(7-8-34)18-42-9-12-45-13-10-42)47-32(21)40-28-22(30)15-38-27(26(28)36)20-3-5-23(35)31-29(20)41-33(37)48-31/h2-3,5,15,19,24H,1,4,6-14,16-18H2,(H2,37,41)(H,39,44)/t19-,24-/m0/s1. The quantitative estimate of drug-likeness (QED) is 0.276. The number of hydrogen-bond donors (Lipinski definition) is 2. The second-order valence-electron chi connectivity index (χ2n) is 13.1. The normalized spacial score (nSPS) is 22.6. The zero-order valence-electron chi connectivity index (χ0n) is 26.5. The Morgan fingerprint density at radius 3 is 2.75 bits per heavy atom. The van der Waals surface area contributed by atoms with Crippen LogP contribution in [0.15, 0.2) is 31.0 Å². The second-order valence-corrected chi connectivity index (χ2v) is 14.1. The van der Waals surface area contributed by atoms with Crippen molar-refractivity contribution >= 4 is 49.2 Å². The molecule has 1 amide bonds. The molecule has 1 aromatic carbocycles. The van der Waals surface area contributed by atoms with E-state index in [1.165, 1.54) is 18.2 Å². The number of rotatable bonds is 7. The number of nitrogens with two attached hydrogens (primary N) is 1. The minimum absolute atomic E-state index is 0.00450. The van der Waals surface area contributed by atoms with Gasteiger partial charge in [-0.15, -0.1) is 0 Å². The van der Waals surface area contributed by atoms with E-state index in [0.29, 0.717) is 49.6 Å². The van der Waals surface area contributed by atoms with Gasteiger partial charge >= 0.3 is 0 Å². The number of fused-ring (bicyclic) bond motifs is 3. The fourth-order valence-corrected chi connectivity index (χ4v) is 8.22. The van der Waals surface area contributed by atoms with Crippen molar-refractivity contribution in [3.8, 4) is 17.1 Å². The number of aromatic nitrogens is 3. The van der Waals surface area contributed by atoms with Crippen LogP contribution in [0.25, 0.3) is 32.4 Å². The van der Waals surface area contributed by atoms with Crippen molar-refractivity contribution in [1.29, 1.82) is 0 Å². The number of halogens is 2. The molecule has 11 nitrogen and oxygen atoms in total. The first-order chi connectivity index (χ1) is 23.3. The molecule has 4 aliphatic rings. The summed E-state index contributed by atoms with van der Waals surface area (Å²) in [7, 11) is 0. The lowest BCUT2D eigenvalue weighted by atomic mass is 9.89. The molecule has 48 heavy (non-hydrogen) atoms. The van der Waals surface area contributed by atoms with Crippen LogP contribution in [0.2, 0.25) is 0 Å². The Morgan fingerprint density at radius 2 is 1.96 bits per heavy atom. The summed E-state index contributed by atoms with van der Waals surface area (Å²) in [5, 5.41) is 3.66. The molecular weight excluding hydrogens is 640 g/mol. The van der Waals surface area contributed by atoms with Crippen molar-refractivity contribution in [2.45, 2.75) is 37.8 Å². The van der Waals surface area contributed by atoms with Crippen LogP contribution >= 0.6 is 11.3 Å². The van der Waals surface area contributed by atoms with Crippen LogP contribution in [0.4, 0.5) is 19.6 Å². The number of thiazole rings is 1. The fraction of sp³-hybridized carbons (Fsp3) is 0.471. The Balaban J connectivity index is 1.23. The van der Waals surface area contributed by atoms with Crippen molar-refractivity contribution in [3.05, 3.63) is 48.2 Å². The van der Waals surface area contributed by atoms with E-state index in [2.05, 4.69) is 31.7 Å². The number of hydrogen-bond acceptors (Lipinski definition) is 11. The molecule has 2 atom stereocenters. The molecule has 6 heterocycles. The van der Waals surface area contributed by atoms with Crippen LogP contribution < -0.4 is 20.7 Å². The molecule has 4 aromatic rings. The molecule has 3 fully saturated rings. The molecule has 8 rings (SSSR count). The SMILES string of the molecule is C=CC(=O)N[C@@H]1COCCN(c2c3c(nc4c(F)c(-c5ccc(F)c6sc(N)nc56)ncc24)O[C@H](C2(CN4CCOCC4)CC2)CC3)C1. The predicted octanol–water partition coefficient (Wildman–Crippen LogP) is 4.08. The lowest BCUT2D eigenvalue weighted by molar-refractivity contribution is -0.117. The van der Waals surface area contributed by atoms with Gasteiger partial charge in [0, 0.05) is 60.8 Å². The Hall–Kier alpha value is -3.98. The van der Waals surface area contributed by atoms with Gasteiger partial charge < -0.3 is 30.2 Å². The smallest absolute Gasteiger partial charge is 0.243 e. The van der Waals surface area contributed by atoms with Crippen molar-refractivity contribution < 1.29 is 27.8 Å². The highest BCUT2D eigenvalue weighted by molar-refractivity contribution is 7.22. The molecule has 252 valence electrons. The summed E-state index contributed by atoms with van der Waals surface area (Å²) in [5.41, 5.74) is 8.30. The van der Waals surface area contributed by atoms with Crippen LogP contribution in [-0.4, -0.2) is 97.1 Å². The van der Waals surface area contributed by atoms with Crippen LogP contribution in [-0.2, 0) is 20.7 Å². The molecule has 1 saturated carbocycles. The van der Waals surface area contributed by atoms with E-state index in [4.69, 9.17) is 24.9 Å². The largest absolute Gasteiger partial charge is 0.473 e. The number of nitrogen functional groups attached to an aromatic ring is 1. The van der Waals surface area contributed by atoms with E-state index >= 15 is 4.39 Å². The van der Waals surface area contributed by atoms with Crippen molar-refractivity contribution in [2.24, 2.45) is 5.41 Å². The Labute approximate surface area is 280 Å². The molecule has 0 unspecified atom stereocenters. The van der Waals surface area contributed by atoms with E-state index in [9.17, 15) is 9.18 Å². The molecule has 2 saturated heterocycles. The third kappa shape index (κ3) is 5.63. The predicted molar refractivity (Wildman–Crippen MR) is 179 cm³/mol. The van der Waals surface area contributed by atoms with E-state index in [-0.39, 0.29) is 50.0 Å². The number of morpholine rings is 1. The molecule has 0 radical (unpaired) electrons. The van der Waals surface area contributed by atoms with Crippen molar-refractivity contribution in [1.82, 2.24) is 25.2 Å². The summed E-state index contributed by atoms with van der Waals surface area (Å²) < 4.78 is 50.0. The van der Waals surface area contributed by atoms with E-state index in [1.54, 1.807) is 6.20 Å². The third-order valence-electron chi connectivity index (χ3n) is 10.0. The van der Waals surface area contributed by atoms with Gasteiger partial charge in [-0.1, -0.05) is 17.9 Å². The van der Waals surface area contributed by atoms with Gasteiger partial charge in [-0.05, 0) is 43.9 Å². The van der Waals surface area contributed by atoms with Crippen molar-refractivity contribution in [2.75, 3.05) is 69.8 Å². The number of nitrogens with zero attached hydrogens (tertiary/aromatic N) is 5. The first kappa shape index (κ1) is 31.3. The number of ether oxygens (including phenoxy) is 3. The summed E-state index contributed by atoms with van der Waals surface area (Å²) in [6.07, 6.45) is 6.45. The van der Waals surface area contributed by atoms with E-state index in [1.807, 2.05) is 0 Å². The summed E-state index contributed by atoms with van der Waals surface area (Å²) >= 11 is 1.01. The Morgan fingerprint density at radius 1 is 1.15 bits per heavy atom. The third-order valence-corrected chi connectivity index (χ3v) is 10.9. The van der Waals surface area contributed by atoms with Gasteiger partial charge in [0.25, 0.3) is 0 Å². The maximum absolute atomic E-state index is 16.9. The minimum Gasteiger partial charge on any atom is -0.473 e. The summed E-state index contributed by atoms with van der Waals surface area (Å²) in [4.78, 5) is 30.6. The maximum Gasteiger partial charge on any atom is 0.243 e. The number of carbonyl (C=O) groups is 1. The lowest BCUT2D eigenvalue weighted by Gasteiger charge is -2.38. The van der Waals surface area contributed by atoms with Gasteiger partial charge in [-0.25, -0.2) is 18.7 Å². The van der Waals surface area contributed by atoms with Gasteiger partial charge in [-0.2, -0.15) is 0 Å². The summed E-state index contributed by atoms with van der Waals surface area (Å²) in [5.74, 6) is -1.01. The molecular formula is C34H37F2N7O4S. The molecule has 3 aromatic heterocycles. The monoisotopic (exact) mass is 677 g/mol. The van der Waals surface area contributed by atoms with Gasteiger partial charge in [0.2, 0.25) is 11.8 Å². The summed E-state index contributed by atoms with van der Waals surface area (Å²) in [6.45, 7) is 9.47. The number of pyridine rings is 2. The fourth-order valence-electron chi connectivity index (χ4n) is 7.46. The number of benzene rings is 1. The molecule has 1 aliphatic carbocycles. The van der Waals surface area contributed by atoms with Gasteiger partial charge in [0.05, 0.1) is 48.4 Å². The van der Waals surface area contributed by atoms with Gasteiger partial charge in [0.15, 0.2) is 10.9 Å². The average Bonchev–Trinajstić information content (AvgIpc) is 3.82. The molecule has 3 N–H and O–H groups in total. The lowest BCUT2D eigenvalue weighted by Crippen LogP contribution is -2.46. The zero-order valence-corrected chi connectivity index (χ0v) is 27.3. The summed E-state index contributed by atoms with van der Waals surface area (Å²) in [6, 6.07) is 2.43. The van der Waals surface area contributed by atoms with Gasteiger partial charge in [-0.3, -0.25) is 14.7 Å². The average molecular weight is 678 g/mol. The number of anilines is 2. The number of nitrogens with one attached hydrogen (secondary N) is 1. The number of carbonyl (C=O) groups excluding carboxylic acids is 1. The van der Waals surface area contributed by atoms with Crippen LogP contribution in [0.1, 0.15) is 24.8 Å². The van der Waals surface area contributed by atoms with Crippen molar-refractivity contribution in [3.63, 3.8) is 0 Å². The highest BCUT2D eigenvalue weighted by atomic mass is 32.1. The molecule has 0 bridgehead atoms. The minimum atomic E-state index is -0.654. The van der Waals surface area contributed by atoms with Crippen LogP contribution in [0.5, 0.6) is 5.88 Å². The van der Waals surface area contributed by atoms with Crippen LogP contribution in [0, 0.1) is 17.0 Å². The zero-order chi connectivity index (χ0) is 33.0. The van der Waals surface area contributed by atoms with Gasteiger partial charge in [0.1, 0.15) is 23.1 Å². The van der Waals surface area contributed by atoms with E-state index in [0.717, 1.165) is 74.7 Å². The molecule has 14 heteroatoms. The topological polar surface area (TPSA) is 128 Å². The highest BCUT2D eigenvalue weighted by Gasteiger charge is 2.53.